The summed E-state index contributed by atoms with van der Waals surface area (Å²) in [5.74, 6) is 3.71. The van der Waals surface area contributed by atoms with Gasteiger partial charge in [-0.15, -0.1) is 0 Å². The molecule has 0 spiro atoms. The van der Waals surface area contributed by atoms with Gasteiger partial charge in [-0.05, 0) is 202 Å². The highest BCUT2D eigenvalue weighted by Crippen LogP contribution is 2.37. The van der Waals surface area contributed by atoms with Crippen LogP contribution >= 0.6 is 0 Å². The Bertz CT molecular complexity index is 2190. The van der Waals surface area contributed by atoms with Crippen molar-refractivity contribution >= 4 is 41.8 Å². The summed E-state index contributed by atoms with van der Waals surface area (Å²) < 4.78 is 45.3. The average molecular weight is 1440 g/mol. The molecule has 4 aliphatic carbocycles. The highest BCUT2D eigenvalue weighted by molar-refractivity contribution is 5.74. The third-order valence-electron chi connectivity index (χ3n) is 22.9. The van der Waals surface area contributed by atoms with Crippen LogP contribution in [-0.4, -0.2) is 199 Å². The van der Waals surface area contributed by atoms with E-state index in [4.69, 9.17) is 37.9 Å². The summed E-state index contributed by atoms with van der Waals surface area (Å²) in [6.45, 7) is 30.0. The zero-order valence-corrected chi connectivity index (χ0v) is 66.1. The van der Waals surface area contributed by atoms with Gasteiger partial charge >= 0.3 is 41.8 Å². The molecule has 19 heteroatoms. The lowest BCUT2D eigenvalue weighted by molar-refractivity contribution is -0.156. The molecule has 0 aromatic heterocycles. The van der Waals surface area contributed by atoms with Crippen molar-refractivity contribution in [2.24, 2.45) is 71.0 Å². The van der Waals surface area contributed by atoms with Crippen LogP contribution in [0.1, 0.15) is 281 Å². The van der Waals surface area contributed by atoms with E-state index in [1.165, 1.54) is 77.0 Å². The van der Waals surface area contributed by atoms with E-state index in [-0.39, 0.29) is 137 Å². The molecule has 5 fully saturated rings. The standard InChI is InChI=1S/C83H148N4O15/c1-64(2)16-10-20-69-24-32-73(33-25-69)80(91)99-60-56-95-68(9)40-48-84(49-41-77(88)96-57-61-100-81(92)74-34-26-70(27-35-74)21-11-17-65(3)4)44-14-46-86-52-54-87(55-53-86)47-15-45-85(50-42-78(89)97-58-62-101-82(93)75-36-28-71(29-37-75)22-12-18-66(5)6)51-43-79(90)98-59-63-102-83(94)76-38-30-72(31-39-76)23-13-19-67(7)8/h64-76H,10-63H2,1-9H3. The summed E-state index contributed by atoms with van der Waals surface area (Å²) in [6, 6.07) is 0. The molecule has 0 N–H and O–H groups in total. The van der Waals surface area contributed by atoms with E-state index in [2.05, 4.69) is 81.9 Å². The largest absolute Gasteiger partial charge is 0.463 e. The maximum atomic E-state index is 13.1. The molecule has 0 amide bonds. The second-order valence-electron chi connectivity index (χ2n) is 33.3. The van der Waals surface area contributed by atoms with Crippen molar-refractivity contribution in [2.75, 3.05) is 131 Å². The molecule has 1 heterocycles. The third kappa shape index (κ3) is 40.7. The summed E-state index contributed by atoms with van der Waals surface area (Å²) in [5, 5.41) is 0. The van der Waals surface area contributed by atoms with Gasteiger partial charge < -0.3 is 57.5 Å². The summed E-state index contributed by atoms with van der Waals surface area (Å²) in [5.41, 5.74) is 0. The number of nitrogens with zero attached hydrogens (tertiary/aromatic N) is 4. The number of ether oxygens (including phenoxy) is 8. The Morgan fingerprint density at radius 2 is 0.559 bits per heavy atom. The van der Waals surface area contributed by atoms with Gasteiger partial charge in [0.15, 0.2) is 0 Å². The van der Waals surface area contributed by atoms with Crippen LogP contribution in [0.2, 0.25) is 0 Å². The highest BCUT2D eigenvalue weighted by atomic mass is 16.6. The lowest BCUT2D eigenvalue weighted by atomic mass is 9.79. The van der Waals surface area contributed by atoms with Crippen LogP contribution in [0, 0.1) is 71.0 Å². The molecular weight excluding hydrogens is 1290 g/mol. The van der Waals surface area contributed by atoms with Gasteiger partial charge in [-0.25, -0.2) is 0 Å². The SMILES string of the molecule is CC(C)CCCC1CCC(C(=O)OCCOC(=O)CCN(CCCN2CCN(CCCN(CCC(=O)OCCOC(=O)C3CCC(CCCC(C)C)CC3)CCC(C)OCCOC(=O)C3CCC(CCCC(C)C)CC3)CC2)CCC(=O)OCCOC(=O)C2CCC(CCCC(C)C)CC2)CC1. The van der Waals surface area contributed by atoms with E-state index < -0.39 is 0 Å². The van der Waals surface area contributed by atoms with E-state index in [0.717, 1.165) is 192 Å². The first-order valence-electron chi connectivity index (χ1n) is 41.8. The highest BCUT2D eigenvalue weighted by Gasteiger charge is 2.32. The number of carbonyl (C=O) groups is 7. The average Bonchev–Trinajstić information content (AvgIpc) is 0.922. The molecule has 19 nitrogen and oxygen atoms in total. The maximum absolute atomic E-state index is 13.1. The minimum Gasteiger partial charge on any atom is -0.463 e. The first kappa shape index (κ1) is 88.7. The first-order chi connectivity index (χ1) is 49.2. The number of esters is 7. The topological polar surface area (TPSA) is 206 Å². The number of rotatable bonds is 53. The van der Waals surface area contributed by atoms with Crippen LogP contribution in [0.4, 0.5) is 0 Å². The number of carbonyl (C=O) groups excluding carboxylic acids is 7. The lowest BCUT2D eigenvalue weighted by Gasteiger charge is -2.35. The molecule has 0 aromatic carbocycles. The van der Waals surface area contributed by atoms with Crippen molar-refractivity contribution < 1.29 is 71.5 Å². The normalized spacial score (nSPS) is 22.7. The fraction of sp³-hybridized carbons (Fsp3) is 0.916. The zero-order valence-electron chi connectivity index (χ0n) is 66.1. The van der Waals surface area contributed by atoms with Gasteiger partial charge in [0.05, 0.1) is 55.6 Å². The van der Waals surface area contributed by atoms with E-state index in [1.807, 2.05) is 0 Å². The molecule has 0 radical (unpaired) electrons. The van der Waals surface area contributed by atoms with Gasteiger partial charge in [0.2, 0.25) is 0 Å². The van der Waals surface area contributed by atoms with Gasteiger partial charge in [0.1, 0.15) is 46.2 Å². The van der Waals surface area contributed by atoms with Gasteiger partial charge in [0, 0.05) is 52.4 Å². The lowest BCUT2D eigenvalue weighted by Crippen LogP contribution is -2.47. The van der Waals surface area contributed by atoms with Crippen molar-refractivity contribution in [2.45, 2.75) is 287 Å². The Balaban J connectivity index is 1.02. The fourth-order valence-electron chi connectivity index (χ4n) is 16.1. The maximum Gasteiger partial charge on any atom is 0.309 e. The Morgan fingerprint density at radius 3 is 0.833 bits per heavy atom. The van der Waals surface area contributed by atoms with E-state index >= 15 is 0 Å². The summed E-state index contributed by atoms with van der Waals surface area (Å²) >= 11 is 0. The first-order valence-corrected chi connectivity index (χ1v) is 41.8. The third-order valence-corrected chi connectivity index (χ3v) is 22.9. The van der Waals surface area contributed by atoms with Crippen LogP contribution in [-0.2, 0) is 71.5 Å². The minimum absolute atomic E-state index is 0.00459. The molecule has 5 aliphatic rings. The molecule has 1 atom stereocenters. The van der Waals surface area contributed by atoms with Crippen LogP contribution in [0.25, 0.3) is 0 Å². The Labute approximate surface area is 619 Å². The Morgan fingerprint density at radius 1 is 0.304 bits per heavy atom. The molecule has 0 aromatic rings. The molecule has 4 saturated carbocycles. The van der Waals surface area contributed by atoms with Crippen LogP contribution in [0.5, 0.6) is 0 Å². The molecule has 1 saturated heterocycles. The molecule has 1 unspecified atom stereocenters. The van der Waals surface area contributed by atoms with Crippen molar-refractivity contribution in [3.8, 4) is 0 Å². The molecule has 0 bridgehead atoms. The molecule has 102 heavy (non-hydrogen) atoms. The number of piperazine rings is 1. The van der Waals surface area contributed by atoms with Crippen molar-refractivity contribution in [3.05, 3.63) is 0 Å². The predicted molar refractivity (Wildman–Crippen MR) is 402 cm³/mol. The second-order valence-corrected chi connectivity index (χ2v) is 33.3. The number of hydrogen-bond acceptors (Lipinski definition) is 19. The van der Waals surface area contributed by atoms with Crippen LogP contribution in [0.15, 0.2) is 0 Å². The van der Waals surface area contributed by atoms with E-state index in [9.17, 15) is 33.6 Å². The van der Waals surface area contributed by atoms with Crippen LogP contribution in [0.3, 0.4) is 0 Å². The monoisotopic (exact) mass is 1440 g/mol. The second kappa shape index (κ2) is 53.0. The number of hydrogen-bond donors (Lipinski definition) is 0. The van der Waals surface area contributed by atoms with Crippen molar-refractivity contribution in [1.82, 2.24) is 19.6 Å². The summed E-state index contributed by atoms with van der Waals surface area (Å²) in [7, 11) is 0. The quantitative estimate of drug-likeness (QED) is 0.0315. The van der Waals surface area contributed by atoms with E-state index in [0.29, 0.717) is 62.4 Å². The summed E-state index contributed by atoms with van der Waals surface area (Å²) in [6.07, 6.45) is 33.5. The molecule has 1 aliphatic heterocycles. The van der Waals surface area contributed by atoms with Gasteiger partial charge in [-0.3, -0.25) is 33.6 Å². The zero-order chi connectivity index (χ0) is 73.7. The molecular formula is C83H148N4O15. The van der Waals surface area contributed by atoms with Gasteiger partial charge in [-0.2, -0.15) is 0 Å². The summed E-state index contributed by atoms with van der Waals surface area (Å²) in [4.78, 5) is 100. The fourth-order valence-corrected chi connectivity index (χ4v) is 16.1. The molecule has 5 rings (SSSR count). The molecule has 590 valence electrons. The van der Waals surface area contributed by atoms with Crippen LogP contribution < -0.4 is 0 Å². The van der Waals surface area contributed by atoms with Gasteiger partial charge in [-0.1, -0.05) is 132 Å². The predicted octanol–water partition coefficient (Wildman–Crippen LogP) is 15.3. The van der Waals surface area contributed by atoms with E-state index in [1.54, 1.807) is 0 Å². The van der Waals surface area contributed by atoms with Crippen molar-refractivity contribution in [3.63, 3.8) is 0 Å². The van der Waals surface area contributed by atoms with Crippen molar-refractivity contribution in [1.29, 1.82) is 0 Å². The van der Waals surface area contributed by atoms with Gasteiger partial charge in [0.25, 0.3) is 0 Å². The Hall–Kier alpha value is -3.91. The smallest absolute Gasteiger partial charge is 0.309 e. The minimum atomic E-state index is -0.380. The Kier molecular flexibility index (Phi) is 46.1.